The molecule has 0 unspecified atom stereocenters. The molecule has 8 heteroatoms. The number of nitriles is 2. The molecule has 8 nitrogen and oxygen atoms in total. The molecule has 1 aromatic rings. The van der Waals surface area contributed by atoms with Gasteiger partial charge in [-0.3, -0.25) is 5.43 Å². The molecule has 1 aliphatic rings. The molecule has 0 aromatic heterocycles. The molecule has 0 saturated carbocycles. The van der Waals surface area contributed by atoms with Crippen LogP contribution in [0.5, 0.6) is 0 Å². The number of alkyl carbamates (subject to hydrolysis) is 1. The molecule has 2 rings (SSSR count). The van der Waals surface area contributed by atoms with Crippen LogP contribution >= 0.6 is 0 Å². The molecule has 27 heavy (non-hydrogen) atoms. The Bertz CT molecular complexity index is 761. The van der Waals surface area contributed by atoms with Gasteiger partial charge in [-0.05, 0) is 45.7 Å². The fourth-order valence-electron chi connectivity index (χ4n) is 2.77. The summed E-state index contributed by atoms with van der Waals surface area (Å²) in [4.78, 5) is 14.1. The number of hydrogen-bond acceptors (Lipinski definition) is 7. The Balaban J connectivity index is 1.97. The first-order valence-corrected chi connectivity index (χ1v) is 8.80. The van der Waals surface area contributed by atoms with Gasteiger partial charge in [-0.15, -0.1) is 0 Å². The van der Waals surface area contributed by atoms with Gasteiger partial charge in [0.15, 0.2) is 0 Å². The number of para-hydroxylation sites is 2. The molecule has 1 aliphatic heterocycles. The number of carbonyl (C=O) groups excluding carboxylic acids is 1. The summed E-state index contributed by atoms with van der Waals surface area (Å²) in [6.07, 6.45) is 1.19. The van der Waals surface area contributed by atoms with Gasteiger partial charge >= 0.3 is 6.09 Å². The summed E-state index contributed by atoms with van der Waals surface area (Å²) in [5, 5.41) is 24.3. The van der Waals surface area contributed by atoms with Crippen molar-refractivity contribution in [3.8, 4) is 12.1 Å². The molecule has 0 atom stereocenters. The Morgan fingerprint density at radius 2 is 1.85 bits per heavy atom. The van der Waals surface area contributed by atoms with Gasteiger partial charge in [0.05, 0.1) is 11.4 Å². The number of nitrogens with zero attached hydrogens (tertiary/aromatic N) is 4. The van der Waals surface area contributed by atoms with Gasteiger partial charge in [0.1, 0.15) is 17.7 Å². The number of hydrogen-bond donors (Lipinski definition) is 2. The normalized spacial score (nSPS) is 14.5. The van der Waals surface area contributed by atoms with Crippen molar-refractivity contribution in [2.24, 2.45) is 5.10 Å². The molecule has 0 radical (unpaired) electrons. The SMILES string of the molecule is CC(C)(C)OC(=O)NC1CCN(c2ccccc2NN=C(C#N)C#N)CC1. The molecule has 1 amide bonds. The van der Waals surface area contributed by atoms with Gasteiger partial charge in [0, 0.05) is 19.1 Å². The molecule has 0 bridgehead atoms. The third kappa shape index (κ3) is 6.19. The van der Waals surface area contributed by atoms with E-state index in [1.165, 1.54) is 0 Å². The van der Waals surface area contributed by atoms with E-state index in [2.05, 4.69) is 20.7 Å². The van der Waals surface area contributed by atoms with Crippen LogP contribution in [-0.4, -0.2) is 36.5 Å². The maximum atomic E-state index is 11.9. The van der Waals surface area contributed by atoms with Crippen molar-refractivity contribution in [1.29, 1.82) is 10.5 Å². The number of carbonyl (C=O) groups is 1. The zero-order valence-electron chi connectivity index (χ0n) is 15.8. The lowest BCUT2D eigenvalue weighted by atomic mass is 10.0. The van der Waals surface area contributed by atoms with Gasteiger partial charge in [-0.2, -0.15) is 15.6 Å². The van der Waals surface area contributed by atoms with Crippen molar-refractivity contribution < 1.29 is 9.53 Å². The van der Waals surface area contributed by atoms with Crippen LogP contribution in [0.4, 0.5) is 16.2 Å². The van der Waals surface area contributed by atoms with Crippen LogP contribution < -0.4 is 15.6 Å². The summed E-state index contributed by atoms with van der Waals surface area (Å²) in [5.74, 6) is 0. The zero-order valence-corrected chi connectivity index (χ0v) is 15.8. The first-order valence-electron chi connectivity index (χ1n) is 8.80. The van der Waals surface area contributed by atoms with Crippen molar-refractivity contribution in [1.82, 2.24) is 5.32 Å². The summed E-state index contributed by atoms with van der Waals surface area (Å²) in [7, 11) is 0. The van der Waals surface area contributed by atoms with Gasteiger partial charge in [-0.1, -0.05) is 12.1 Å². The molecular weight excluding hydrogens is 344 g/mol. The number of piperidine rings is 1. The molecule has 1 aromatic carbocycles. The minimum atomic E-state index is -0.512. The average molecular weight is 368 g/mol. The van der Waals surface area contributed by atoms with Crippen LogP contribution in [0.15, 0.2) is 29.4 Å². The van der Waals surface area contributed by atoms with E-state index >= 15 is 0 Å². The second-order valence-electron chi connectivity index (χ2n) is 7.22. The lowest BCUT2D eigenvalue weighted by Crippen LogP contribution is -2.46. The largest absolute Gasteiger partial charge is 0.444 e. The first-order chi connectivity index (χ1) is 12.8. The second-order valence-corrected chi connectivity index (χ2v) is 7.22. The van der Waals surface area contributed by atoms with Crippen molar-refractivity contribution >= 4 is 23.2 Å². The van der Waals surface area contributed by atoms with Crippen LogP contribution in [0.25, 0.3) is 0 Å². The summed E-state index contributed by atoms with van der Waals surface area (Å²) in [5.41, 5.74) is 3.71. The number of benzene rings is 1. The van der Waals surface area contributed by atoms with E-state index in [4.69, 9.17) is 15.3 Å². The number of nitrogens with one attached hydrogen (secondary N) is 2. The van der Waals surface area contributed by atoms with E-state index in [-0.39, 0.29) is 11.8 Å². The predicted molar refractivity (Wildman–Crippen MR) is 103 cm³/mol. The second kappa shape index (κ2) is 8.91. The van der Waals surface area contributed by atoms with Crippen LogP contribution in [0, 0.1) is 22.7 Å². The van der Waals surface area contributed by atoms with Gasteiger partial charge < -0.3 is 15.0 Å². The van der Waals surface area contributed by atoms with E-state index < -0.39 is 11.7 Å². The van der Waals surface area contributed by atoms with E-state index in [1.807, 2.05) is 45.0 Å². The lowest BCUT2D eigenvalue weighted by Gasteiger charge is -2.35. The highest BCUT2D eigenvalue weighted by molar-refractivity contribution is 6.10. The number of amides is 1. The Morgan fingerprint density at radius 3 is 2.44 bits per heavy atom. The van der Waals surface area contributed by atoms with E-state index in [0.29, 0.717) is 0 Å². The van der Waals surface area contributed by atoms with Crippen LogP contribution in [0.1, 0.15) is 33.6 Å². The molecular formula is C19H24N6O2. The van der Waals surface area contributed by atoms with Gasteiger partial charge in [0.25, 0.3) is 0 Å². The quantitative estimate of drug-likeness (QED) is 0.624. The summed E-state index contributed by atoms with van der Waals surface area (Å²) >= 11 is 0. The molecule has 1 saturated heterocycles. The Labute approximate surface area is 159 Å². The standard InChI is InChI=1S/C19H24N6O2/c1-19(2,3)27-18(26)22-14-8-10-25(11-9-14)17-7-5-4-6-16(17)24-23-15(12-20)13-21/h4-7,14,24H,8-11H2,1-3H3,(H,22,26). The number of hydrazone groups is 1. The van der Waals surface area contributed by atoms with Crippen molar-refractivity contribution in [2.75, 3.05) is 23.4 Å². The third-order valence-corrected chi connectivity index (χ3v) is 3.96. The van der Waals surface area contributed by atoms with Crippen LogP contribution in [0.3, 0.4) is 0 Å². The Kier molecular flexibility index (Phi) is 6.62. The highest BCUT2D eigenvalue weighted by atomic mass is 16.6. The predicted octanol–water partition coefficient (Wildman–Crippen LogP) is 3.00. The molecule has 2 N–H and O–H groups in total. The van der Waals surface area contributed by atoms with Crippen LogP contribution in [-0.2, 0) is 4.74 Å². The topological polar surface area (TPSA) is 114 Å². The third-order valence-electron chi connectivity index (χ3n) is 3.96. The fourth-order valence-corrected chi connectivity index (χ4v) is 2.77. The van der Waals surface area contributed by atoms with E-state index in [9.17, 15) is 4.79 Å². The summed E-state index contributed by atoms with van der Waals surface area (Å²) in [6.45, 7) is 7.03. The average Bonchev–Trinajstić information content (AvgIpc) is 2.62. The number of ether oxygens (including phenoxy) is 1. The summed E-state index contributed by atoms with van der Waals surface area (Å²) in [6, 6.07) is 11.1. The lowest BCUT2D eigenvalue weighted by molar-refractivity contribution is 0.0497. The maximum Gasteiger partial charge on any atom is 0.407 e. The van der Waals surface area contributed by atoms with Crippen LogP contribution in [0.2, 0.25) is 0 Å². The molecule has 1 fully saturated rings. The van der Waals surface area contributed by atoms with Gasteiger partial charge in [0.2, 0.25) is 5.71 Å². The monoisotopic (exact) mass is 368 g/mol. The molecule has 0 spiro atoms. The fraction of sp³-hybridized carbons (Fsp3) is 0.474. The Hall–Kier alpha value is -3.26. The minimum absolute atomic E-state index is 0.0676. The minimum Gasteiger partial charge on any atom is -0.444 e. The Morgan fingerprint density at radius 1 is 1.22 bits per heavy atom. The number of rotatable bonds is 4. The smallest absolute Gasteiger partial charge is 0.407 e. The van der Waals surface area contributed by atoms with Gasteiger partial charge in [-0.25, -0.2) is 4.79 Å². The number of anilines is 2. The first kappa shape index (κ1) is 20.1. The van der Waals surface area contributed by atoms with Crippen molar-refractivity contribution in [2.45, 2.75) is 45.3 Å². The molecule has 0 aliphatic carbocycles. The van der Waals surface area contributed by atoms with Crippen molar-refractivity contribution in [3.63, 3.8) is 0 Å². The highest BCUT2D eigenvalue weighted by Gasteiger charge is 2.24. The molecule has 1 heterocycles. The zero-order chi connectivity index (χ0) is 19.9. The maximum absolute atomic E-state index is 11.9. The summed E-state index contributed by atoms with van der Waals surface area (Å²) < 4.78 is 5.31. The van der Waals surface area contributed by atoms with E-state index in [0.717, 1.165) is 37.3 Å². The van der Waals surface area contributed by atoms with Crippen molar-refractivity contribution in [3.05, 3.63) is 24.3 Å². The van der Waals surface area contributed by atoms with E-state index in [1.54, 1.807) is 12.1 Å². The molecule has 142 valence electrons. The highest BCUT2D eigenvalue weighted by Crippen LogP contribution is 2.28.